The summed E-state index contributed by atoms with van der Waals surface area (Å²) in [4.78, 5) is 13.8. The summed E-state index contributed by atoms with van der Waals surface area (Å²) in [6.07, 6.45) is 3.54. The lowest BCUT2D eigenvalue weighted by atomic mass is 9.78. The predicted octanol–water partition coefficient (Wildman–Crippen LogP) is 0.470. The number of anilines is 1. The molecule has 21 heavy (non-hydrogen) atoms. The third-order valence-corrected chi connectivity index (χ3v) is 6.54. The van der Waals surface area contributed by atoms with E-state index in [4.69, 9.17) is 0 Å². The van der Waals surface area contributed by atoms with Gasteiger partial charge in [-0.1, -0.05) is 11.3 Å². The Labute approximate surface area is 133 Å². The molecular weight excluding hydrogens is 336 g/mol. The second kappa shape index (κ2) is 5.79. The van der Waals surface area contributed by atoms with E-state index in [0.29, 0.717) is 18.1 Å². The van der Waals surface area contributed by atoms with Crippen molar-refractivity contribution in [3.05, 3.63) is 0 Å². The van der Waals surface area contributed by atoms with Gasteiger partial charge in [-0.2, -0.15) is 0 Å². The fourth-order valence-corrected chi connectivity index (χ4v) is 4.44. The molecule has 1 N–H and O–H groups in total. The van der Waals surface area contributed by atoms with Crippen LogP contribution in [0.25, 0.3) is 0 Å². The summed E-state index contributed by atoms with van der Waals surface area (Å²) in [5.41, 5.74) is 0.0132. The number of halogens is 1. The molecule has 1 spiro atoms. The molecule has 10 heteroatoms. The molecule has 0 aromatic carbocycles. The van der Waals surface area contributed by atoms with Gasteiger partial charge in [0.15, 0.2) is 0 Å². The zero-order chi connectivity index (χ0) is 14.4. The van der Waals surface area contributed by atoms with Crippen LogP contribution in [0.4, 0.5) is 5.13 Å². The number of amides is 1. The van der Waals surface area contributed by atoms with E-state index in [2.05, 4.69) is 15.5 Å². The molecule has 0 saturated carbocycles. The van der Waals surface area contributed by atoms with Crippen LogP contribution >= 0.6 is 23.7 Å². The lowest BCUT2D eigenvalue weighted by molar-refractivity contribution is -0.117. The highest BCUT2D eigenvalue weighted by molar-refractivity contribution is 7.92. The largest absolute Gasteiger partial charge is 0.317 e. The van der Waals surface area contributed by atoms with E-state index in [1.54, 1.807) is 4.90 Å². The van der Waals surface area contributed by atoms with Crippen molar-refractivity contribution in [2.24, 2.45) is 5.41 Å². The van der Waals surface area contributed by atoms with Gasteiger partial charge in [0.25, 0.3) is 0 Å². The molecule has 118 valence electrons. The standard InChI is InChI=1S/C11H16N4O3S2.ClH/c1-20(17,18)10-14-13-9(19-10)15-7-11(6-8(15)16)2-4-12-5-3-11;/h12H,2-7H2,1H3;1H. The maximum absolute atomic E-state index is 12.2. The maximum atomic E-state index is 12.2. The molecule has 2 aliphatic rings. The molecule has 1 amide bonds. The zero-order valence-corrected chi connectivity index (χ0v) is 14.0. The Bertz CT molecular complexity index is 640. The molecule has 2 fully saturated rings. The van der Waals surface area contributed by atoms with Crippen molar-refractivity contribution in [3.8, 4) is 0 Å². The van der Waals surface area contributed by atoms with Crippen molar-refractivity contribution >= 4 is 44.6 Å². The minimum absolute atomic E-state index is 0. The maximum Gasteiger partial charge on any atom is 0.234 e. The lowest BCUT2D eigenvalue weighted by Gasteiger charge is -2.32. The topological polar surface area (TPSA) is 92.3 Å². The first-order valence-corrected chi connectivity index (χ1v) is 9.15. The molecule has 0 bridgehead atoms. The third-order valence-electron chi connectivity index (χ3n) is 3.93. The Morgan fingerprint density at radius 3 is 2.52 bits per heavy atom. The summed E-state index contributed by atoms with van der Waals surface area (Å²) in [6, 6.07) is 0. The van der Waals surface area contributed by atoms with E-state index in [1.165, 1.54) is 0 Å². The molecule has 2 aliphatic heterocycles. The number of nitrogens with zero attached hydrogens (tertiary/aromatic N) is 3. The summed E-state index contributed by atoms with van der Waals surface area (Å²) < 4.78 is 22.8. The van der Waals surface area contributed by atoms with Crippen LogP contribution in [0.2, 0.25) is 0 Å². The first-order chi connectivity index (χ1) is 9.40. The number of rotatable bonds is 2. The number of hydrogen-bond acceptors (Lipinski definition) is 7. The van der Waals surface area contributed by atoms with Gasteiger partial charge in [-0.25, -0.2) is 8.42 Å². The van der Waals surface area contributed by atoms with Crippen LogP contribution in [0, 0.1) is 5.41 Å². The Hall–Kier alpha value is -0.770. The molecule has 3 rings (SSSR count). The first kappa shape index (κ1) is 16.6. The number of carbonyl (C=O) groups excluding carboxylic acids is 1. The van der Waals surface area contributed by atoms with E-state index in [0.717, 1.165) is 43.5 Å². The Balaban J connectivity index is 0.00000161. The molecule has 0 unspecified atom stereocenters. The van der Waals surface area contributed by atoms with Gasteiger partial charge in [0.1, 0.15) is 0 Å². The number of carbonyl (C=O) groups is 1. The monoisotopic (exact) mass is 352 g/mol. The van der Waals surface area contributed by atoms with Crippen LogP contribution in [0.1, 0.15) is 19.3 Å². The van der Waals surface area contributed by atoms with Crippen molar-refractivity contribution in [1.29, 1.82) is 0 Å². The van der Waals surface area contributed by atoms with E-state index >= 15 is 0 Å². The molecule has 2 saturated heterocycles. The van der Waals surface area contributed by atoms with E-state index in [1.807, 2.05) is 0 Å². The van der Waals surface area contributed by atoms with Crippen molar-refractivity contribution in [1.82, 2.24) is 15.5 Å². The summed E-state index contributed by atoms with van der Waals surface area (Å²) >= 11 is 0.967. The molecule has 0 aliphatic carbocycles. The molecule has 3 heterocycles. The van der Waals surface area contributed by atoms with E-state index in [-0.39, 0.29) is 28.1 Å². The van der Waals surface area contributed by atoms with Crippen LogP contribution in [0.3, 0.4) is 0 Å². The Kier molecular flexibility index (Phi) is 4.57. The molecule has 1 aromatic heterocycles. The summed E-state index contributed by atoms with van der Waals surface area (Å²) in [7, 11) is -3.37. The smallest absolute Gasteiger partial charge is 0.234 e. The van der Waals surface area contributed by atoms with Gasteiger partial charge in [0, 0.05) is 19.2 Å². The number of nitrogens with one attached hydrogen (secondary N) is 1. The number of piperidine rings is 1. The van der Waals surface area contributed by atoms with Crippen LogP contribution in [0.5, 0.6) is 0 Å². The highest BCUT2D eigenvalue weighted by atomic mass is 35.5. The number of sulfone groups is 1. The molecule has 0 radical (unpaired) electrons. The summed E-state index contributed by atoms with van der Waals surface area (Å²) in [5, 5.41) is 11.2. The fourth-order valence-electron chi connectivity index (χ4n) is 2.82. The second-order valence-corrected chi connectivity index (χ2v) is 8.67. The zero-order valence-electron chi connectivity index (χ0n) is 11.5. The van der Waals surface area contributed by atoms with Crippen molar-refractivity contribution in [3.63, 3.8) is 0 Å². The van der Waals surface area contributed by atoms with Gasteiger partial charge < -0.3 is 5.32 Å². The highest BCUT2D eigenvalue weighted by Gasteiger charge is 2.45. The Morgan fingerprint density at radius 1 is 1.29 bits per heavy atom. The van der Waals surface area contributed by atoms with Crippen LogP contribution < -0.4 is 10.2 Å². The SMILES string of the molecule is CS(=O)(=O)c1nnc(N2CC3(CCNCC3)CC2=O)s1.Cl. The van der Waals surface area contributed by atoms with E-state index < -0.39 is 9.84 Å². The summed E-state index contributed by atoms with van der Waals surface area (Å²) in [6.45, 7) is 2.46. The van der Waals surface area contributed by atoms with Crippen molar-refractivity contribution in [2.45, 2.75) is 23.6 Å². The van der Waals surface area contributed by atoms with Gasteiger partial charge in [-0.15, -0.1) is 22.6 Å². The van der Waals surface area contributed by atoms with Crippen molar-refractivity contribution in [2.75, 3.05) is 30.8 Å². The Morgan fingerprint density at radius 2 is 1.95 bits per heavy atom. The van der Waals surface area contributed by atoms with Crippen molar-refractivity contribution < 1.29 is 13.2 Å². The predicted molar refractivity (Wildman–Crippen MR) is 81.8 cm³/mol. The van der Waals surface area contributed by atoms with Crippen LogP contribution in [0.15, 0.2) is 4.34 Å². The van der Waals surface area contributed by atoms with Gasteiger partial charge in [-0.05, 0) is 31.3 Å². The minimum atomic E-state index is -3.37. The molecule has 7 nitrogen and oxygen atoms in total. The second-order valence-electron chi connectivity index (χ2n) is 5.53. The third kappa shape index (κ3) is 3.20. The van der Waals surface area contributed by atoms with Gasteiger partial charge in [-0.3, -0.25) is 9.69 Å². The first-order valence-electron chi connectivity index (χ1n) is 6.44. The molecule has 0 atom stereocenters. The highest BCUT2D eigenvalue weighted by Crippen LogP contribution is 2.41. The minimum Gasteiger partial charge on any atom is -0.317 e. The number of aromatic nitrogens is 2. The summed E-state index contributed by atoms with van der Waals surface area (Å²) in [5.74, 6) is 0.0168. The normalized spacial score (nSPS) is 21.6. The lowest BCUT2D eigenvalue weighted by Crippen LogP contribution is -2.38. The average Bonchev–Trinajstić information content (AvgIpc) is 2.95. The molecular formula is C11H17ClN4O3S2. The van der Waals surface area contributed by atoms with E-state index in [9.17, 15) is 13.2 Å². The quantitative estimate of drug-likeness (QED) is 0.778. The average molecular weight is 353 g/mol. The van der Waals surface area contributed by atoms with Crippen LogP contribution in [-0.4, -0.2) is 50.4 Å². The van der Waals surface area contributed by atoms with Gasteiger partial charge in [0.2, 0.25) is 25.2 Å². The van der Waals surface area contributed by atoms with Gasteiger partial charge in [0.05, 0.1) is 0 Å². The van der Waals surface area contributed by atoms with Crippen LogP contribution in [-0.2, 0) is 14.6 Å². The molecule has 1 aromatic rings. The fraction of sp³-hybridized carbons (Fsp3) is 0.727. The number of hydrogen-bond donors (Lipinski definition) is 1. The van der Waals surface area contributed by atoms with Gasteiger partial charge >= 0.3 is 0 Å².